The number of amides is 1. The van der Waals surface area contributed by atoms with Crippen molar-refractivity contribution >= 4 is 17.4 Å². The zero-order chi connectivity index (χ0) is 23.4. The monoisotopic (exact) mass is 442 g/mol. The molecule has 166 valence electrons. The van der Waals surface area contributed by atoms with E-state index < -0.39 is 17.7 Å². The Kier molecular flexibility index (Phi) is 6.22. The minimum Gasteiger partial charge on any atom is -0.508 e. The van der Waals surface area contributed by atoms with Crippen LogP contribution in [0, 0.1) is 0 Å². The number of aliphatic hydroxyl groups is 1. The van der Waals surface area contributed by atoms with E-state index in [-0.39, 0.29) is 23.6 Å². The van der Waals surface area contributed by atoms with Crippen molar-refractivity contribution in [3.05, 3.63) is 108 Å². The Labute approximate surface area is 190 Å². The number of Topliss-reactive ketones (excluding diaryl/α,β-unsaturated/α-hetero) is 1. The number of likely N-dealkylation sites (tertiary alicyclic amines) is 1. The van der Waals surface area contributed by atoms with Crippen molar-refractivity contribution in [1.82, 2.24) is 9.88 Å². The number of hydrogen-bond acceptors (Lipinski definition) is 6. The number of phenolic OH excluding ortho intramolecular Hbond substituents is 1. The summed E-state index contributed by atoms with van der Waals surface area (Å²) in [4.78, 5) is 31.6. The largest absolute Gasteiger partial charge is 0.508 e. The highest BCUT2D eigenvalue weighted by Crippen LogP contribution is 2.40. The third kappa shape index (κ3) is 4.48. The number of rotatable bonds is 7. The number of pyridine rings is 1. The van der Waals surface area contributed by atoms with E-state index in [1.807, 2.05) is 6.07 Å². The topological polar surface area (TPSA) is 100.0 Å². The lowest BCUT2D eigenvalue weighted by Gasteiger charge is -2.25. The molecule has 7 heteroatoms. The highest BCUT2D eigenvalue weighted by molar-refractivity contribution is 6.46. The van der Waals surface area contributed by atoms with Crippen molar-refractivity contribution in [1.29, 1.82) is 0 Å². The average molecular weight is 442 g/mol. The summed E-state index contributed by atoms with van der Waals surface area (Å²) in [5.41, 5.74) is 1.69. The highest BCUT2D eigenvalue weighted by atomic mass is 16.5. The van der Waals surface area contributed by atoms with E-state index in [1.54, 1.807) is 60.9 Å². The molecule has 0 aliphatic carbocycles. The number of carbonyl (C=O) groups is 2. The third-order valence-electron chi connectivity index (χ3n) is 5.32. The molecule has 2 N–H and O–H groups in total. The number of nitrogens with zero attached hydrogens (tertiary/aromatic N) is 2. The summed E-state index contributed by atoms with van der Waals surface area (Å²) in [6.07, 6.45) is 4.86. The minimum absolute atomic E-state index is 0.0191. The number of aromatic hydroxyl groups is 1. The summed E-state index contributed by atoms with van der Waals surface area (Å²) in [7, 11) is 0. The zero-order valence-electron chi connectivity index (χ0n) is 17.7. The molecule has 1 saturated heterocycles. The maximum atomic E-state index is 13.1. The van der Waals surface area contributed by atoms with E-state index in [0.717, 1.165) is 5.56 Å². The molecule has 1 atom stereocenters. The first-order chi connectivity index (χ1) is 16.0. The van der Waals surface area contributed by atoms with Crippen molar-refractivity contribution in [3.63, 3.8) is 0 Å². The van der Waals surface area contributed by atoms with Crippen LogP contribution in [-0.2, 0) is 16.1 Å². The Morgan fingerprint density at radius 3 is 2.45 bits per heavy atom. The number of aliphatic hydroxyl groups excluding tert-OH is 1. The van der Waals surface area contributed by atoms with E-state index in [4.69, 9.17) is 4.74 Å². The molecule has 4 rings (SSSR count). The predicted molar refractivity (Wildman–Crippen MR) is 122 cm³/mol. The van der Waals surface area contributed by atoms with Crippen molar-refractivity contribution in [2.24, 2.45) is 0 Å². The second-order valence-corrected chi connectivity index (χ2v) is 7.50. The fourth-order valence-corrected chi connectivity index (χ4v) is 3.75. The molecular formula is C26H22N2O5. The van der Waals surface area contributed by atoms with Gasteiger partial charge in [-0.2, -0.15) is 0 Å². The molecule has 1 aliphatic rings. The van der Waals surface area contributed by atoms with Crippen molar-refractivity contribution in [2.75, 3.05) is 6.61 Å². The van der Waals surface area contributed by atoms with Crippen molar-refractivity contribution in [2.45, 2.75) is 12.6 Å². The normalized spacial score (nSPS) is 17.2. The number of carbonyl (C=O) groups excluding carboxylic acids is 2. The molecule has 1 aromatic heterocycles. The van der Waals surface area contributed by atoms with Crippen LogP contribution in [0.25, 0.3) is 5.76 Å². The molecule has 33 heavy (non-hydrogen) atoms. The second kappa shape index (κ2) is 9.40. The van der Waals surface area contributed by atoms with E-state index in [1.165, 1.54) is 17.0 Å². The molecule has 0 radical (unpaired) electrons. The summed E-state index contributed by atoms with van der Waals surface area (Å²) in [5, 5.41) is 20.8. The van der Waals surface area contributed by atoms with Gasteiger partial charge >= 0.3 is 0 Å². The molecule has 3 aromatic rings. The van der Waals surface area contributed by atoms with Gasteiger partial charge in [-0.3, -0.25) is 14.6 Å². The van der Waals surface area contributed by atoms with Crippen LogP contribution in [0.2, 0.25) is 0 Å². The van der Waals surface area contributed by atoms with Crippen LogP contribution < -0.4 is 4.74 Å². The SMILES string of the molecule is C=CCOc1ccc(/C(O)=C2/C(=O)C(=O)N(Cc3cccnc3)C2c2ccc(O)cc2)cc1. The summed E-state index contributed by atoms with van der Waals surface area (Å²) in [5.74, 6) is -1.14. The lowest BCUT2D eigenvalue weighted by atomic mass is 9.95. The number of hydrogen-bond donors (Lipinski definition) is 2. The number of ketones is 1. The first-order valence-electron chi connectivity index (χ1n) is 10.3. The second-order valence-electron chi connectivity index (χ2n) is 7.50. The van der Waals surface area contributed by atoms with Crippen molar-refractivity contribution < 1.29 is 24.5 Å². The van der Waals surface area contributed by atoms with Crippen molar-refractivity contribution in [3.8, 4) is 11.5 Å². The van der Waals surface area contributed by atoms with Gasteiger partial charge in [-0.1, -0.05) is 30.9 Å². The Balaban J connectivity index is 1.78. The highest BCUT2D eigenvalue weighted by Gasteiger charge is 2.46. The van der Waals surface area contributed by atoms with Crippen LogP contribution in [0.4, 0.5) is 0 Å². The Morgan fingerprint density at radius 2 is 1.82 bits per heavy atom. The van der Waals surface area contributed by atoms with Crippen LogP contribution in [-0.4, -0.2) is 38.4 Å². The van der Waals surface area contributed by atoms with Crippen LogP contribution in [0.15, 0.2) is 91.3 Å². The molecule has 7 nitrogen and oxygen atoms in total. The summed E-state index contributed by atoms with van der Waals surface area (Å²) < 4.78 is 5.46. The number of aromatic nitrogens is 1. The van der Waals surface area contributed by atoms with Gasteiger partial charge in [-0.25, -0.2) is 0 Å². The molecule has 2 heterocycles. The van der Waals surface area contributed by atoms with Gasteiger partial charge in [0.25, 0.3) is 11.7 Å². The predicted octanol–water partition coefficient (Wildman–Crippen LogP) is 3.97. The first kappa shape index (κ1) is 21.8. The Morgan fingerprint density at radius 1 is 1.09 bits per heavy atom. The van der Waals surface area contributed by atoms with Gasteiger partial charge in [0.2, 0.25) is 0 Å². The fourth-order valence-electron chi connectivity index (χ4n) is 3.75. The van der Waals surface area contributed by atoms with Gasteiger partial charge in [0.05, 0.1) is 11.6 Å². The quantitative estimate of drug-likeness (QED) is 0.249. The van der Waals surface area contributed by atoms with E-state index in [2.05, 4.69) is 11.6 Å². The Hall–Kier alpha value is -4.39. The third-order valence-corrected chi connectivity index (χ3v) is 5.32. The van der Waals surface area contributed by atoms with E-state index in [9.17, 15) is 19.8 Å². The van der Waals surface area contributed by atoms with Gasteiger partial charge in [-0.05, 0) is 53.6 Å². The molecule has 0 bridgehead atoms. The fraction of sp³-hybridized carbons (Fsp3) is 0.115. The number of benzene rings is 2. The molecule has 0 spiro atoms. The molecule has 0 saturated carbocycles. The maximum Gasteiger partial charge on any atom is 0.295 e. The molecule has 1 aliphatic heterocycles. The summed E-state index contributed by atoms with van der Waals surface area (Å²) in [6, 6.07) is 15.5. The average Bonchev–Trinajstić information content (AvgIpc) is 3.08. The summed E-state index contributed by atoms with van der Waals surface area (Å²) in [6.45, 7) is 4.08. The summed E-state index contributed by atoms with van der Waals surface area (Å²) >= 11 is 0. The minimum atomic E-state index is -0.831. The van der Waals surface area contributed by atoms with Crippen LogP contribution in [0.3, 0.4) is 0 Å². The van der Waals surface area contributed by atoms with Crippen LogP contribution in [0.5, 0.6) is 11.5 Å². The van der Waals surface area contributed by atoms with E-state index >= 15 is 0 Å². The number of ether oxygens (including phenoxy) is 1. The first-order valence-corrected chi connectivity index (χ1v) is 10.3. The van der Waals surface area contributed by atoms with Gasteiger partial charge in [0.15, 0.2) is 0 Å². The lowest BCUT2D eigenvalue weighted by molar-refractivity contribution is -0.140. The molecule has 1 amide bonds. The van der Waals surface area contributed by atoms with Gasteiger partial charge < -0.3 is 19.8 Å². The van der Waals surface area contributed by atoms with E-state index in [0.29, 0.717) is 23.5 Å². The molecule has 2 aromatic carbocycles. The van der Waals surface area contributed by atoms with Gasteiger partial charge in [0, 0.05) is 24.5 Å². The molecular weight excluding hydrogens is 420 g/mol. The maximum absolute atomic E-state index is 13.1. The zero-order valence-corrected chi connectivity index (χ0v) is 17.7. The molecule has 1 fully saturated rings. The van der Waals surface area contributed by atoms with Crippen LogP contribution >= 0.6 is 0 Å². The van der Waals surface area contributed by atoms with Gasteiger partial charge in [0.1, 0.15) is 23.9 Å². The standard InChI is InChI=1S/C26H22N2O5/c1-2-14-33-21-11-7-19(8-12-21)24(30)22-23(18-5-9-20(29)10-6-18)28(26(32)25(22)31)16-17-4-3-13-27-15-17/h2-13,15,23,29-30H,1,14,16H2/b24-22-. The smallest absolute Gasteiger partial charge is 0.295 e. The number of phenols is 1. The molecule has 1 unspecified atom stereocenters. The Bertz CT molecular complexity index is 1200. The lowest BCUT2D eigenvalue weighted by Crippen LogP contribution is -2.29. The van der Waals surface area contributed by atoms with Gasteiger partial charge in [-0.15, -0.1) is 0 Å². The van der Waals surface area contributed by atoms with Crippen LogP contribution in [0.1, 0.15) is 22.7 Å².